The van der Waals surface area contributed by atoms with Gasteiger partial charge in [0.15, 0.2) is 5.65 Å². The van der Waals surface area contributed by atoms with Crippen LogP contribution in [0.4, 0.5) is 5.82 Å². The fraction of sp³-hybridized carbons (Fsp3) is 0.556. The Morgan fingerprint density at radius 3 is 2.12 bits per heavy atom. The minimum absolute atomic E-state index is 0.142. The Bertz CT molecular complexity index is 736. The highest BCUT2D eigenvalue weighted by molar-refractivity contribution is 5.96. The number of pyridine rings is 1. The molecule has 2 heterocycles. The molecule has 2 aromatic rings. The summed E-state index contributed by atoms with van der Waals surface area (Å²) in [6, 6.07) is 2.03. The predicted molar refractivity (Wildman–Crippen MR) is 97.6 cm³/mol. The van der Waals surface area contributed by atoms with Crippen LogP contribution in [0.2, 0.25) is 0 Å². The lowest BCUT2D eigenvalue weighted by atomic mass is 10.1. The molecule has 0 saturated heterocycles. The maximum atomic E-state index is 12.7. The normalized spacial score (nSPS) is 10.9. The van der Waals surface area contributed by atoms with Crippen LogP contribution in [0.15, 0.2) is 6.07 Å². The van der Waals surface area contributed by atoms with E-state index in [1.807, 2.05) is 33.8 Å². The molecule has 1 amide bonds. The van der Waals surface area contributed by atoms with Crippen molar-refractivity contribution in [2.75, 3.05) is 31.1 Å². The number of fused-ring (bicyclic) bond motifs is 1. The Balaban J connectivity index is 2.73. The molecule has 6 heteroatoms. The van der Waals surface area contributed by atoms with Crippen LogP contribution in [0.25, 0.3) is 11.0 Å². The van der Waals surface area contributed by atoms with E-state index in [2.05, 4.69) is 33.7 Å². The van der Waals surface area contributed by atoms with Crippen LogP contribution in [0.5, 0.6) is 0 Å². The molecule has 0 fully saturated rings. The van der Waals surface area contributed by atoms with Gasteiger partial charge >= 0.3 is 0 Å². The Hall–Kier alpha value is -2.24. The second-order valence-corrected chi connectivity index (χ2v) is 5.80. The van der Waals surface area contributed by atoms with Crippen LogP contribution >= 0.6 is 0 Å². The van der Waals surface area contributed by atoms with Crippen molar-refractivity contribution >= 4 is 22.8 Å². The van der Waals surface area contributed by atoms with Gasteiger partial charge in [-0.1, -0.05) is 0 Å². The number of nitrogens with zero attached hydrogens (tertiary/aromatic N) is 5. The maximum Gasteiger partial charge on any atom is 0.291 e. The van der Waals surface area contributed by atoms with Crippen molar-refractivity contribution in [3.05, 3.63) is 23.1 Å². The first-order valence-corrected chi connectivity index (χ1v) is 8.66. The molecule has 2 aromatic heterocycles. The first-order chi connectivity index (χ1) is 11.5. The monoisotopic (exact) mass is 329 g/mol. The summed E-state index contributed by atoms with van der Waals surface area (Å²) in [4.78, 5) is 30.3. The Kier molecular flexibility index (Phi) is 5.70. The number of hydrogen-bond acceptors (Lipinski definition) is 5. The van der Waals surface area contributed by atoms with Gasteiger partial charge in [0.05, 0.1) is 5.39 Å². The van der Waals surface area contributed by atoms with Crippen molar-refractivity contribution in [1.82, 2.24) is 19.9 Å². The van der Waals surface area contributed by atoms with Gasteiger partial charge in [0.25, 0.3) is 5.91 Å². The molecule has 0 aliphatic heterocycles. The standard InChI is InChI=1S/C18H27N5O/c1-7-22(8-2)17-14-12(5)11-13(6)19-15(14)20-16(21-17)18(24)23(9-3)10-4/h11H,7-10H2,1-6H3. The topological polar surface area (TPSA) is 62.2 Å². The van der Waals surface area contributed by atoms with Gasteiger partial charge in [-0.05, 0) is 53.2 Å². The number of aryl methyl sites for hydroxylation is 2. The number of aromatic nitrogens is 3. The third-order valence-electron chi connectivity index (χ3n) is 4.28. The molecule has 0 saturated carbocycles. The third-order valence-corrected chi connectivity index (χ3v) is 4.28. The molecule has 0 spiro atoms. The molecule has 130 valence electrons. The van der Waals surface area contributed by atoms with E-state index in [4.69, 9.17) is 0 Å². The lowest BCUT2D eigenvalue weighted by molar-refractivity contribution is 0.0761. The number of amides is 1. The first-order valence-electron chi connectivity index (χ1n) is 8.66. The van der Waals surface area contributed by atoms with E-state index in [0.717, 1.165) is 35.6 Å². The molecule has 0 aliphatic rings. The fourth-order valence-corrected chi connectivity index (χ4v) is 2.96. The van der Waals surface area contributed by atoms with Gasteiger partial charge in [0, 0.05) is 31.9 Å². The van der Waals surface area contributed by atoms with Gasteiger partial charge in [-0.25, -0.2) is 15.0 Å². The molecule has 0 N–H and O–H groups in total. The van der Waals surface area contributed by atoms with E-state index >= 15 is 0 Å². The van der Waals surface area contributed by atoms with Gasteiger partial charge < -0.3 is 9.80 Å². The summed E-state index contributed by atoms with van der Waals surface area (Å²) >= 11 is 0. The Morgan fingerprint density at radius 1 is 0.958 bits per heavy atom. The van der Waals surface area contributed by atoms with Crippen molar-refractivity contribution in [2.24, 2.45) is 0 Å². The number of hydrogen-bond donors (Lipinski definition) is 0. The summed E-state index contributed by atoms with van der Waals surface area (Å²) < 4.78 is 0. The fourth-order valence-electron chi connectivity index (χ4n) is 2.96. The quantitative estimate of drug-likeness (QED) is 0.815. The van der Waals surface area contributed by atoms with Gasteiger partial charge in [0.2, 0.25) is 5.82 Å². The highest BCUT2D eigenvalue weighted by atomic mass is 16.2. The van der Waals surface area contributed by atoms with Crippen molar-refractivity contribution < 1.29 is 4.79 Å². The van der Waals surface area contributed by atoms with Gasteiger partial charge in [-0.2, -0.15) is 0 Å². The van der Waals surface area contributed by atoms with E-state index in [1.54, 1.807) is 4.90 Å². The highest BCUT2D eigenvalue weighted by Gasteiger charge is 2.21. The molecular formula is C18H27N5O. The summed E-state index contributed by atoms with van der Waals surface area (Å²) in [5.74, 6) is 0.882. The molecule has 0 radical (unpaired) electrons. The molecule has 0 bridgehead atoms. The summed E-state index contributed by atoms with van der Waals surface area (Å²) in [6.45, 7) is 15.0. The van der Waals surface area contributed by atoms with Gasteiger partial charge in [0.1, 0.15) is 5.82 Å². The van der Waals surface area contributed by atoms with E-state index in [0.29, 0.717) is 18.7 Å². The number of rotatable bonds is 6. The van der Waals surface area contributed by atoms with E-state index in [9.17, 15) is 4.79 Å². The lowest BCUT2D eigenvalue weighted by Gasteiger charge is -2.24. The molecule has 0 aromatic carbocycles. The van der Waals surface area contributed by atoms with Crippen LogP contribution in [0, 0.1) is 13.8 Å². The summed E-state index contributed by atoms with van der Waals surface area (Å²) in [5.41, 5.74) is 2.58. The number of carbonyl (C=O) groups is 1. The Labute approximate surface area is 143 Å². The zero-order valence-corrected chi connectivity index (χ0v) is 15.6. The van der Waals surface area contributed by atoms with Crippen LogP contribution in [-0.2, 0) is 0 Å². The third kappa shape index (κ3) is 3.32. The molecule has 6 nitrogen and oxygen atoms in total. The largest absolute Gasteiger partial charge is 0.356 e. The zero-order chi connectivity index (χ0) is 17.9. The molecular weight excluding hydrogens is 302 g/mol. The minimum atomic E-state index is -0.142. The van der Waals surface area contributed by atoms with Crippen molar-refractivity contribution in [2.45, 2.75) is 41.5 Å². The van der Waals surface area contributed by atoms with Crippen LogP contribution in [0.1, 0.15) is 49.6 Å². The van der Waals surface area contributed by atoms with Gasteiger partial charge in [-0.3, -0.25) is 4.79 Å². The van der Waals surface area contributed by atoms with Crippen molar-refractivity contribution in [3.63, 3.8) is 0 Å². The van der Waals surface area contributed by atoms with Crippen molar-refractivity contribution in [1.29, 1.82) is 0 Å². The summed E-state index contributed by atoms with van der Waals surface area (Å²) in [5, 5.41) is 0.931. The average molecular weight is 329 g/mol. The number of carbonyl (C=O) groups excluding carboxylic acids is 1. The lowest BCUT2D eigenvalue weighted by Crippen LogP contribution is -2.33. The van der Waals surface area contributed by atoms with E-state index in [-0.39, 0.29) is 11.7 Å². The second-order valence-electron chi connectivity index (χ2n) is 5.80. The second kappa shape index (κ2) is 7.55. The minimum Gasteiger partial charge on any atom is -0.356 e. The molecule has 0 unspecified atom stereocenters. The highest BCUT2D eigenvalue weighted by Crippen LogP contribution is 2.27. The van der Waals surface area contributed by atoms with Crippen molar-refractivity contribution in [3.8, 4) is 0 Å². The van der Waals surface area contributed by atoms with E-state index < -0.39 is 0 Å². The maximum absolute atomic E-state index is 12.7. The first kappa shape index (κ1) is 18.1. The van der Waals surface area contributed by atoms with E-state index in [1.165, 1.54) is 0 Å². The summed E-state index contributed by atoms with van der Waals surface area (Å²) in [6.07, 6.45) is 0. The van der Waals surface area contributed by atoms with Crippen LogP contribution < -0.4 is 4.90 Å². The molecule has 24 heavy (non-hydrogen) atoms. The molecule has 0 aliphatic carbocycles. The van der Waals surface area contributed by atoms with Crippen LogP contribution in [0.3, 0.4) is 0 Å². The molecule has 0 atom stereocenters. The SMILES string of the molecule is CCN(CC)C(=O)c1nc(N(CC)CC)c2c(C)cc(C)nc2n1. The summed E-state index contributed by atoms with van der Waals surface area (Å²) in [7, 11) is 0. The van der Waals surface area contributed by atoms with Gasteiger partial charge in [-0.15, -0.1) is 0 Å². The smallest absolute Gasteiger partial charge is 0.291 e. The Morgan fingerprint density at radius 2 is 1.58 bits per heavy atom. The van der Waals surface area contributed by atoms with Crippen LogP contribution in [-0.4, -0.2) is 51.9 Å². The zero-order valence-electron chi connectivity index (χ0n) is 15.6. The number of anilines is 1. The average Bonchev–Trinajstić information content (AvgIpc) is 2.56. The molecule has 2 rings (SSSR count). The predicted octanol–water partition coefficient (Wildman–Crippen LogP) is 2.97.